The normalized spacial score (nSPS) is 20.0. The maximum Gasteiger partial charge on any atom is 0.197 e. The Kier molecular flexibility index (Phi) is 6.50. The minimum atomic E-state index is -0.540. The van der Waals surface area contributed by atoms with Crippen LogP contribution >= 0.6 is 0 Å². The van der Waals surface area contributed by atoms with E-state index in [1.165, 1.54) is 14.0 Å². The van der Waals surface area contributed by atoms with E-state index >= 15 is 0 Å². The molecule has 1 aromatic carbocycles. The lowest BCUT2D eigenvalue weighted by Crippen LogP contribution is -2.58. The van der Waals surface area contributed by atoms with Crippen molar-refractivity contribution in [2.45, 2.75) is 39.1 Å². The number of carbonyl (C=O) groups is 1. The summed E-state index contributed by atoms with van der Waals surface area (Å²) in [6.07, 6.45) is 0.540. The van der Waals surface area contributed by atoms with Gasteiger partial charge in [0.25, 0.3) is 0 Å². The van der Waals surface area contributed by atoms with Crippen molar-refractivity contribution in [2.24, 2.45) is 22.0 Å². The van der Waals surface area contributed by atoms with Crippen molar-refractivity contribution in [1.82, 2.24) is 16.1 Å². The van der Waals surface area contributed by atoms with Crippen LogP contribution in [0.4, 0.5) is 0 Å². The van der Waals surface area contributed by atoms with Gasteiger partial charge in [-0.1, -0.05) is 19.1 Å². The van der Waals surface area contributed by atoms with Gasteiger partial charge < -0.3 is 20.6 Å². The van der Waals surface area contributed by atoms with Crippen LogP contribution in [0.25, 0.3) is 0 Å². The number of methoxy groups -OCH3 is 1. The molecule has 0 saturated carbocycles. The predicted octanol–water partition coefficient (Wildman–Crippen LogP) is 0.833. The number of rotatable bonds is 7. The number of ketones is 1. The van der Waals surface area contributed by atoms with E-state index in [1.807, 2.05) is 19.9 Å². The number of nitrogens with one attached hydrogen (secondary N) is 3. The molecule has 2 rings (SSSR count). The minimum absolute atomic E-state index is 0.118. The Morgan fingerprint density at radius 2 is 2.08 bits per heavy atom. The predicted molar refractivity (Wildman–Crippen MR) is 96.0 cm³/mol. The van der Waals surface area contributed by atoms with Gasteiger partial charge in [-0.25, -0.2) is 5.43 Å². The standard InChI is InChI=1S/C16H25N7O3/c1-8(2)10-5-12(25-4)11(9(3)24)6-13(10)26-14-7-19-16(22-23-18)20-15(14)21-17/h5-8,15-16,19-21H,17H2,1-4H3,(H2,18,22). The lowest BCUT2D eigenvalue weighted by Gasteiger charge is -2.29. The molecular weight excluding hydrogens is 338 g/mol. The molecule has 10 heteroatoms. The van der Waals surface area contributed by atoms with Crippen LogP contribution in [-0.4, -0.2) is 25.3 Å². The molecule has 7 N–H and O–H groups in total. The Bertz CT molecular complexity index is 718. The summed E-state index contributed by atoms with van der Waals surface area (Å²) in [5, 5.41) is 12.9. The first-order valence-electron chi connectivity index (χ1n) is 8.10. The number of nitrogens with zero attached hydrogens (tertiary/aromatic N) is 2. The molecule has 26 heavy (non-hydrogen) atoms. The van der Waals surface area contributed by atoms with Crippen LogP contribution in [0.2, 0.25) is 0 Å². The lowest BCUT2D eigenvalue weighted by molar-refractivity contribution is 0.101. The summed E-state index contributed by atoms with van der Waals surface area (Å²) in [5.74, 6) is 12.2. The van der Waals surface area contributed by atoms with E-state index in [2.05, 4.69) is 26.4 Å². The molecule has 2 atom stereocenters. The molecule has 2 unspecified atom stereocenters. The van der Waals surface area contributed by atoms with Crippen molar-refractivity contribution >= 4 is 5.78 Å². The topological polar surface area (TPSA) is 148 Å². The monoisotopic (exact) mass is 363 g/mol. The molecule has 0 radical (unpaired) electrons. The first-order chi connectivity index (χ1) is 12.4. The molecule has 0 aromatic heterocycles. The smallest absolute Gasteiger partial charge is 0.197 e. The zero-order valence-corrected chi connectivity index (χ0v) is 15.2. The average molecular weight is 363 g/mol. The van der Waals surface area contributed by atoms with Crippen molar-refractivity contribution in [3.05, 3.63) is 35.2 Å². The summed E-state index contributed by atoms with van der Waals surface area (Å²) in [4.78, 5) is 11.9. The number of carbonyl (C=O) groups excluding carboxylic acids is 1. The first-order valence-corrected chi connectivity index (χ1v) is 8.10. The van der Waals surface area contributed by atoms with Crippen molar-refractivity contribution in [2.75, 3.05) is 7.11 Å². The summed E-state index contributed by atoms with van der Waals surface area (Å²) in [5.41, 5.74) is 3.93. The Labute approximate surface area is 151 Å². The molecule has 10 nitrogen and oxygen atoms in total. The molecule has 0 saturated heterocycles. The van der Waals surface area contributed by atoms with Crippen LogP contribution in [0, 0.1) is 0 Å². The van der Waals surface area contributed by atoms with Gasteiger partial charge in [0.1, 0.15) is 17.7 Å². The van der Waals surface area contributed by atoms with E-state index in [9.17, 15) is 4.79 Å². The van der Waals surface area contributed by atoms with Crippen molar-refractivity contribution in [1.29, 1.82) is 0 Å². The Balaban J connectivity index is 2.41. The van der Waals surface area contributed by atoms with E-state index in [-0.39, 0.29) is 11.7 Å². The van der Waals surface area contributed by atoms with E-state index < -0.39 is 12.5 Å². The quantitative estimate of drug-likeness (QED) is 0.207. The highest BCUT2D eigenvalue weighted by Gasteiger charge is 2.26. The van der Waals surface area contributed by atoms with Crippen LogP contribution in [0.5, 0.6) is 11.5 Å². The van der Waals surface area contributed by atoms with E-state index in [1.54, 1.807) is 12.3 Å². The molecule has 142 valence electrons. The summed E-state index contributed by atoms with van der Waals surface area (Å²) in [6.45, 7) is 5.53. The van der Waals surface area contributed by atoms with E-state index in [0.29, 0.717) is 22.8 Å². The lowest BCUT2D eigenvalue weighted by atomic mass is 9.98. The molecule has 1 heterocycles. The molecule has 0 bridgehead atoms. The summed E-state index contributed by atoms with van der Waals surface area (Å²) >= 11 is 0. The molecule has 0 amide bonds. The highest BCUT2D eigenvalue weighted by atomic mass is 16.5. The van der Waals surface area contributed by atoms with Gasteiger partial charge in [0.2, 0.25) is 0 Å². The number of benzene rings is 1. The number of hydrogen-bond acceptors (Lipinski definition) is 9. The summed E-state index contributed by atoms with van der Waals surface area (Å²) in [7, 11) is 1.53. The van der Waals surface area contributed by atoms with Crippen LogP contribution in [-0.2, 0) is 0 Å². The first kappa shape index (κ1) is 19.6. The number of Topliss-reactive ketones (excluding diaryl/α,β-unsaturated/α-hetero) is 1. The number of nitrogens with two attached hydrogens (primary N) is 2. The van der Waals surface area contributed by atoms with E-state index in [4.69, 9.17) is 21.2 Å². The molecule has 1 aliphatic heterocycles. The molecule has 0 fully saturated rings. The van der Waals surface area contributed by atoms with Crippen LogP contribution < -0.4 is 37.2 Å². The third kappa shape index (κ3) is 4.28. The summed E-state index contributed by atoms with van der Waals surface area (Å²) in [6, 6.07) is 3.49. The third-order valence-corrected chi connectivity index (χ3v) is 3.90. The summed E-state index contributed by atoms with van der Waals surface area (Å²) < 4.78 is 11.4. The van der Waals surface area contributed by atoms with Gasteiger partial charge >= 0.3 is 0 Å². The largest absolute Gasteiger partial charge is 0.496 e. The Morgan fingerprint density at radius 1 is 1.35 bits per heavy atom. The van der Waals surface area contributed by atoms with Crippen molar-refractivity contribution in [3.8, 4) is 11.5 Å². The fourth-order valence-electron chi connectivity index (χ4n) is 2.57. The van der Waals surface area contributed by atoms with Crippen LogP contribution in [0.3, 0.4) is 0 Å². The second kappa shape index (κ2) is 8.61. The van der Waals surface area contributed by atoms with Gasteiger partial charge in [0, 0.05) is 11.8 Å². The molecule has 0 aliphatic carbocycles. The fourth-order valence-corrected chi connectivity index (χ4v) is 2.57. The zero-order valence-electron chi connectivity index (χ0n) is 15.2. The van der Waals surface area contributed by atoms with Crippen molar-refractivity contribution in [3.63, 3.8) is 0 Å². The van der Waals surface area contributed by atoms with E-state index in [0.717, 1.165) is 5.56 Å². The maximum atomic E-state index is 11.9. The number of ether oxygens (including phenoxy) is 2. The SMILES string of the molecule is COc1cc(C(C)C)c(OC2=CNC(N=NN)NC2NN)cc1C(C)=O. The van der Waals surface area contributed by atoms with Gasteiger partial charge in [-0.15, -0.1) is 5.11 Å². The van der Waals surface area contributed by atoms with Gasteiger partial charge in [-0.05, 0) is 25.0 Å². The van der Waals surface area contributed by atoms with Crippen LogP contribution in [0.1, 0.15) is 42.6 Å². The molecule has 0 spiro atoms. The maximum absolute atomic E-state index is 11.9. The molecular formula is C16H25N7O3. The number of hydrazine groups is 1. The highest BCUT2D eigenvalue weighted by Crippen LogP contribution is 2.35. The van der Waals surface area contributed by atoms with Gasteiger partial charge in [0.05, 0.1) is 12.7 Å². The minimum Gasteiger partial charge on any atom is -0.496 e. The van der Waals surface area contributed by atoms with Crippen LogP contribution in [0.15, 0.2) is 34.4 Å². The second-order valence-electron chi connectivity index (χ2n) is 6.02. The van der Waals surface area contributed by atoms with Gasteiger partial charge in [-0.3, -0.25) is 16.0 Å². The van der Waals surface area contributed by atoms with Crippen molar-refractivity contribution < 1.29 is 14.3 Å². The zero-order chi connectivity index (χ0) is 19.3. The Morgan fingerprint density at radius 3 is 2.62 bits per heavy atom. The fraction of sp³-hybridized carbons (Fsp3) is 0.438. The Hall–Kier alpha value is -2.69. The second-order valence-corrected chi connectivity index (χ2v) is 6.02. The highest BCUT2D eigenvalue weighted by molar-refractivity contribution is 5.97. The third-order valence-electron chi connectivity index (χ3n) is 3.90. The molecule has 1 aromatic rings. The van der Waals surface area contributed by atoms with Gasteiger partial charge in [-0.2, -0.15) is 0 Å². The molecule has 1 aliphatic rings. The van der Waals surface area contributed by atoms with Gasteiger partial charge in [0.15, 0.2) is 17.8 Å². The number of hydrogen-bond donors (Lipinski definition) is 5. The average Bonchev–Trinajstić information content (AvgIpc) is 2.62.